The molecule has 3 aromatic rings. The largest absolute Gasteiger partial charge is 0.403 e. The molecule has 0 radical (unpaired) electrons. The molecule has 0 aliphatic carbocycles. The van der Waals surface area contributed by atoms with Crippen molar-refractivity contribution in [3.63, 3.8) is 0 Å². The second-order valence-corrected chi connectivity index (χ2v) is 7.74. The summed E-state index contributed by atoms with van der Waals surface area (Å²) in [7, 11) is -3.50. The number of carbonyl (C=O) groups excluding carboxylic acids is 1. The zero-order valence-electron chi connectivity index (χ0n) is 12.4. The molecule has 0 atom stereocenters. The molecule has 1 amide bonds. The maximum atomic E-state index is 12.1. The van der Waals surface area contributed by atoms with Gasteiger partial charge >= 0.3 is 6.01 Å². The molecule has 0 saturated heterocycles. The summed E-state index contributed by atoms with van der Waals surface area (Å²) in [4.78, 5) is 12.1. The van der Waals surface area contributed by atoms with E-state index in [1.807, 2.05) is 16.8 Å². The molecule has 2 heterocycles. The maximum Gasteiger partial charge on any atom is 0.322 e. The highest BCUT2D eigenvalue weighted by Crippen LogP contribution is 2.22. The highest BCUT2D eigenvalue weighted by Gasteiger charge is 2.17. The number of hydrogen-bond donors (Lipinski definition) is 1. The lowest BCUT2D eigenvalue weighted by atomic mass is 10.3. The molecule has 0 fully saturated rings. The Morgan fingerprint density at radius 2 is 1.96 bits per heavy atom. The standard InChI is InChI=1S/C15H13N3O4S2/c19-13(7-9-24(20,21)12-4-2-1-3-5-12)16-15-18-17-14(22-15)11-6-8-23-10-11/h1-6,8,10H,7,9H2,(H,16,18,19). The molecular weight excluding hydrogens is 350 g/mol. The van der Waals surface area contributed by atoms with Gasteiger partial charge in [-0.15, -0.1) is 5.10 Å². The highest BCUT2D eigenvalue weighted by molar-refractivity contribution is 7.91. The number of benzene rings is 1. The smallest absolute Gasteiger partial charge is 0.322 e. The van der Waals surface area contributed by atoms with E-state index in [-0.39, 0.29) is 23.1 Å². The van der Waals surface area contributed by atoms with Gasteiger partial charge in [0.2, 0.25) is 5.91 Å². The molecule has 1 N–H and O–H groups in total. The lowest BCUT2D eigenvalue weighted by molar-refractivity contribution is -0.115. The van der Waals surface area contributed by atoms with E-state index in [0.29, 0.717) is 5.89 Å². The van der Waals surface area contributed by atoms with Crippen LogP contribution in [0.5, 0.6) is 0 Å². The molecule has 124 valence electrons. The van der Waals surface area contributed by atoms with Crippen LogP contribution in [-0.2, 0) is 14.6 Å². The number of amides is 1. The molecule has 7 nitrogen and oxygen atoms in total. The molecule has 0 saturated carbocycles. The molecule has 2 aromatic heterocycles. The van der Waals surface area contributed by atoms with E-state index in [4.69, 9.17) is 4.42 Å². The lowest BCUT2D eigenvalue weighted by Gasteiger charge is -2.03. The average Bonchev–Trinajstić information content (AvgIpc) is 3.25. The summed E-state index contributed by atoms with van der Waals surface area (Å²) in [5, 5.41) is 13.7. The Bertz CT molecular complexity index is 919. The minimum atomic E-state index is -3.50. The molecule has 1 aromatic carbocycles. The van der Waals surface area contributed by atoms with Crippen LogP contribution in [0, 0.1) is 0 Å². The summed E-state index contributed by atoms with van der Waals surface area (Å²) in [5.41, 5.74) is 0.764. The van der Waals surface area contributed by atoms with Crippen LogP contribution in [0.2, 0.25) is 0 Å². The summed E-state index contributed by atoms with van der Waals surface area (Å²) in [6, 6.07) is 9.76. The van der Waals surface area contributed by atoms with Crippen LogP contribution in [0.1, 0.15) is 6.42 Å². The number of nitrogens with one attached hydrogen (secondary N) is 1. The SMILES string of the molecule is O=C(CCS(=O)(=O)c1ccccc1)Nc1nnc(-c2ccsc2)o1. The third-order valence-electron chi connectivity index (χ3n) is 3.14. The Labute approximate surface area is 142 Å². The Hall–Kier alpha value is -2.52. The predicted octanol–water partition coefficient (Wildman–Crippen LogP) is 2.60. The van der Waals surface area contributed by atoms with Gasteiger partial charge in [0.25, 0.3) is 5.89 Å². The Morgan fingerprint density at radius 3 is 2.67 bits per heavy atom. The summed E-state index contributed by atoms with van der Waals surface area (Å²) >= 11 is 1.48. The van der Waals surface area contributed by atoms with Gasteiger partial charge in [0, 0.05) is 17.4 Å². The van der Waals surface area contributed by atoms with Gasteiger partial charge in [-0.2, -0.15) is 11.3 Å². The van der Waals surface area contributed by atoms with Crippen molar-refractivity contribution in [2.45, 2.75) is 11.3 Å². The summed E-state index contributed by atoms with van der Waals surface area (Å²) in [6.07, 6.45) is -0.201. The number of rotatable bonds is 6. The van der Waals surface area contributed by atoms with Crippen LogP contribution >= 0.6 is 11.3 Å². The van der Waals surface area contributed by atoms with E-state index in [2.05, 4.69) is 15.5 Å². The molecule has 24 heavy (non-hydrogen) atoms. The van der Waals surface area contributed by atoms with Gasteiger partial charge in [0.05, 0.1) is 10.6 Å². The van der Waals surface area contributed by atoms with Crippen molar-refractivity contribution in [3.8, 4) is 11.5 Å². The van der Waals surface area contributed by atoms with Crippen LogP contribution < -0.4 is 5.32 Å². The molecule has 0 aliphatic rings. The number of thiophene rings is 1. The van der Waals surface area contributed by atoms with Gasteiger partial charge < -0.3 is 4.42 Å². The van der Waals surface area contributed by atoms with E-state index in [1.165, 1.54) is 23.5 Å². The topological polar surface area (TPSA) is 102 Å². The molecule has 0 unspecified atom stereocenters. The molecule has 0 bridgehead atoms. The molecule has 9 heteroatoms. The predicted molar refractivity (Wildman–Crippen MR) is 89.4 cm³/mol. The van der Waals surface area contributed by atoms with E-state index in [9.17, 15) is 13.2 Å². The van der Waals surface area contributed by atoms with Gasteiger partial charge in [0.1, 0.15) is 0 Å². The van der Waals surface area contributed by atoms with Gasteiger partial charge in [0.15, 0.2) is 9.84 Å². The number of nitrogens with zero attached hydrogens (tertiary/aromatic N) is 2. The van der Waals surface area contributed by atoms with Gasteiger partial charge in [-0.05, 0) is 23.6 Å². The third-order valence-corrected chi connectivity index (χ3v) is 5.55. The van der Waals surface area contributed by atoms with Crippen LogP contribution in [0.25, 0.3) is 11.5 Å². The van der Waals surface area contributed by atoms with Crippen molar-refractivity contribution < 1.29 is 17.6 Å². The van der Waals surface area contributed by atoms with Crippen molar-refractivity contribution in [3.05, 3.63) is 47.2 Å². The minimum Gasteiger partial charge on any atom is -0.403 e. The fourth-order valence-electron chi connectivity index (χ4n) is 1.93. The Kier molecular flexibility index (Phi) is 4.72. The van der Waals surface area contributed by atoms with Crippen LogP contribution in [0.3, 0.4) is 0 Å². The zero-order chi connectivity index (χ0) is 17.0. The molecule has 3 rings (SSSR count). The van der Waals surface area contributed by atoms with Crippen molar-refractivity contribution in [1.29, 1.82) is 0 Å². The monoisotopic (exact) mass is 363 g/mol. The zero-order valence-corrected chi connectivity index (χ0v) is 14.0. The number of hydrogen-bond acceptors (Lipinski definition) is 7. The fourth-order valence-corrected chi connectivity index (χ4v) is 3.82. The first-order chi connectivity index (χ1) is 11.5. The van der Waals surface area contributed by atoms with Crippen LogP contribution in [0.15, 0.2) is 56.5 Å². The van der Waals surface area contributed by atoms with Gasteiger partial charge in [-0.25, -0.2) is 8.42 Å². The summed E-state index contributed by atoms with van der Waals surface area (Å²) in [6.45, 7) is 0. The number of sulfone groups is 1. The van der Waals surface area contributed by atoms with Crippen LogP contribution in [-0.4, -0.2) is 30.3 Å². The highest BCUT2D eigenvalue weighted by atomic mass is 32.2. The van der Waals surface area contributed by atoms with Gasteiger partial charge in [-0.1, -0.05) is 23.3 Å². The first-order valence-electron chi connectivity index (χ1n) is 6.98. The molecule has 0 spiro atoms. The average molecular weight is 363 g/mol. The van der Waals surface area contributed by atoms with E-state index >= 15 is 0 Å². The Balaban J connectivity index is 1.58. The second-order valence-electron chi connectivity index (χ2n) is 4.85. The van der Waals surface area contributed by atoms with Crippen molar-refractivity contribution >= 4 is 33.1 Å². The molecular formula is C15H13N3O4S2. The first kappa shape index (κ1) is 16.3. The third kappa shape index (κ3) is 3.87. The molecule has 0 aliphatic heterocycles. The normalized spacial score (nSPS) is 11.3. The summed E-state index contributed by atoms with van der Waals surface area (Å²) < 4.78 is 29.6. The van der Waals surface area contributed by atoms with Crippen molar-refractivity contribution in [2.24, 2.45) is 0 Å². The Morgan fingerprint density at radius 1 is 1.17 bits per heavy atom. The van der Waals surface area contributed by atoms with Crippen molar-refractivity contribution in [2.75, 3.05) is 11.1 Å². The number of anilines is 1. The first-order valence-corrected chi connectivity index (χ1v) is 9.58. The fraction of sp³-hybridized carbons (Fsp3) is 0.133. The van der Waals surface area contributed by atoms with Crippen LogP contribution in [0.4, 0.5) is 6.01 Å². The van der Waals surface area contributed by atoms with Crippen molar-refractivity contribution in [1.82, 2.24) is 10.2 Å². The van der Waals surface area contributed by atoms with E-state index in [0.717, 1.165) is 5.56 Å². The summed E-state index contributed by atoms with van der Waals surface area (Å²) in [5.74, 6) is -0.507. The van der Waals surface area contributed by atoms with E-state index in [1.54, 1.807) is 18.2 Å². The number of aromatic nitrogens is 2. The maximum absolute atomic E-state index is 12.1. The lowest BCUT2D eigenvalue weighted by Crippen LogP contribution is -2.17. The minimum absolute atomic E-state index is 0.0571. The quantitative estimate of drug-likeness (QED) is 0.722. The van der Waals surface area contributed by atoms with E-state index < -0.39 is 15.7 Å². The number of carbonyl (C=O) groups is 1. The second kappa shape index (κ2) is 6.93. The van der Waals surface area contributed by atoms with Gasteiger partial charge in [-0.3, -0.25) is 10.1 Å².